The van der Waals surface area contributed by atoms with E-state index in [1.54, 1.807) is 30.6 Å². The number of carbonyl (C=O) groups is 1. The van der Waals surface area contributed by atoms with Gasteiger partial charge in [0.25, 0.3) is 0 Å². The molecule has 0 aliphatic heterocycles. The predicted molar refractivity (Wildman–Crippen MR) is 86.5 cm³/mol. The molecule has 0 aliphatic rings. The van der Waals surface area contributed by atoms with Gasteiger partial charge in [-0.15, -0.1) is 11.8 Å². The molecule has 4 heteroatoms. The van der Waals surface area contributed by atoms with Crippen LogP contribution in [0.4, 0.5) is 0 Å². The maximum atomic E-state index is 12.4. The second-order valence-corrected chi connectivity index (χ2v) is 6.21. The SMILES string of the molecule is CCS/C=C(\CSCC)C(=O)c1ccc(OC)cc1. The normalized spacial score (nSPS) is 11.4. The monoisotopic (exact) mass is 296 g/mol. The van der Waals surface area contributed by atoms with Crippen LogP contribution in [0, 0.1) is 0 Å². The molecule has 0 saturated heterocycles. The Morgan fingerprint density at radius 2 is 1.89 bits per heavy atom. The molecular formula is C15H20O2S2. The molecule has 104 valence electrons. The van der Waals surface area contributed by atoms with E-state index in [4.69, 9.17) is 4.74 Å². The fourth-order valence-electron chi connectivity index (χ4n) is 1.48. The van der Waals surface area contributed by atoms with Crippen LogP contribution in [0.15, 0.2) is 35.2 Å². The summed E-state index contributed by atoms with van der Waals surface area (Å²) in [6, 6.07) is 7.29. The molecule has 0 fully saturated rings. The Labute approximate surface area is 124 Å². The van der Waals surface area contributed by atoms with E-state index in [2.05, 4.69) is 13.8 Å². The highest BCUT2D eigenvalue weighted by Gasteiger charge is 2.12. The molecule has 0 spiro atoms. The summed E-state index contributed by atoms with van der Waals surface area (Å²) in [6.07, 6.45) is 0. The van der Waals surface area contributed by atoms with Gasteiger partial charge in [0.1, 0.15) is 5.75 Å². The van der Waals surface area contributed by atoms with Crippen molar-refractivity contribution in [2.24, 2.45) is 0 Å². The van der Waals surface area contributed by atoms with E-state index in [1.165, 1.54) is 0 Å². The Hall–Kier alpha value is -0.870. The lowest BCUT2D eigenvalue weighted by Crippen LogP contribution is -2.06. The number of ketones is 1. The summed E-state index contributed by atoms with van der Waals surface area (Å²) in [5.74, 6) is 3.66. The molecule has 0 saturated carbocycles. The number of rotatable bonds is 8. The molecule has 1 aromatic carbocycles. The van der Waals surface area contributed by atoms with Crippen LogP contribution < -0.4 is 4.74 Å². The topological polar surface area (TPSA) is 26.3 Å². The maximum absolute atomic E-state index is 12.4. The Morgan fingerprint density at radius 3 is 2.42 bits per heavy atom. The van der Waals surface area contributed by atoms with Crippen molar-refractivity contribution >= 4 is 29.3 Å². The minimum atomic E-state index is 0.115. The van der Waals surface area contributed by atoms with Gasteiger partial charge in [-0.2, -0.15) is 11.8 Å². The summed E-state index contributed by atoms with van der Waals surface area (Å²) < 4.78 is 5.11. The Bertz CT molecular complexity index is 424. The smallest absolute Gasteiger partial charge is 0.190 e. The molecule has 0 atom stereocenters. The quantitative estimate of drug-likeness (QED) is 0.528. The molecule has 0 aromatic heterocycles. The van der Waals surface area contributed by atoms with Crippen molar-refractivity contribution < 1.29 is 9.53 Å². The van der Waals surface area contributed by atoms with Gasteiger partial charge in [0.15, 0.2) is 5.78 Å². The summed E-state index contributed by atoms with van der Waals surface area (Å²) in [4.78, 5) is 12.4. The second kappa shape index (κ2) is 9.10. The third-order valence-electron chi connectivity index (χ3n) is 2.50. The van der Waals surface area contributed by atoms with Crippen LogP contribution in [0.1, 0.15) is 24.2 Å². The van der Waals surface area contributed by atoms with Gasteiger partial charge in [0, 0.05) is 16.9 Å². The molecule has 1 aromatic rings. The standard InChI is InChI=1S/C15H20O2S2/c1-4-18-10-13(11-19-5-2)15(16)12-6-8-14(17-3)9-7-12/h6-10H,4-5,11H2,1-3H3/b13-10+. The molecular weight excluding hydrogens is 276 g/mol. The predicted octanol–water partition coefficient (Wildman–Crippen LogP) is 4.27. The number of Topliss-reactive ketones (excluding diaryl/α,β-unsaturated/α-hetero) is 1. The van der Waals surface area contributed by atoms with Crippen LogP contribution in [-0.4, -0.2) is 30.2 Å². The van der Waals surface area contributed by atoms with Crippen molar-refractivity contribution in [2.45, 2.75) is 13.8 Å². The van der Waals surface area contributed by atoms with Crippen molar-refractivity contribution in [3.8, 4) is 5.75 Å². The highest BCUT2D eigenvalue weighted by Crippen LogP contribution is 2.19. The van der Waals surface area contributed by atoms with Crippen LogP contribution >= 0.6 is 23.5 Å². The Balaban J connectivity index is 2.84. The number of ether oxygens (including phenoxy) is 1. The highest BCUT2D eigenvalue weighted by molar-refractivity contribution is 8.02. The maximum Gasteiger partial charge on any atom is 0.190 e. The van der Waals surface area contributed by atoms with E-state index < -0.39 is 0 Å². The summed E-state index contributed by atoms with van der Waals surface area (Å²) in [5.41, 5.74) is 1.60. The van der Waals surface area contributed by atoms with Crippen LogP contribution in [-0.2, 0) is 0 Å². The molecule has 0 amide bonds. The average Bonchev–Trinajstić information content (AvgIpc) is 2.47. The number of hydrogen-bond acceptors (Lipinski definition) is 4. The summed E-state index contributed by atoms with van der Waals surface area (Å²) in [6.45, 7) is 4.19. The van der Waals surface area contributed by atoms with Gasteiger partial charge in [-0.3, -0.25) is 4.79 Å². The van der Waals surface area contributed by atoms with E-state index in [9.17, 15) is 4.79 Å². The lowest BCUT2D eigenvalue weighted by Gasteiger charge is -2.07. The third-order valence-corrected chi connectivity index (χ3v) is 4.21. The number of hydrogen-bond donors (Lipinski definition) is 0. The lowest BCUT2D eigenvalue weighted by molar-refractivity contribution is 0.103. The minimum Gasteiger partial charge on any atom is -0.497 e. The van der Waals surface area contributed by atoms with Crippen LogP contribution in [0.2, 0.25) is 0 Å². The molecule has 19 heavy (non-hydrogen) atoms. The van der Waals surface area contributed by atoms with E-state index in [-0.39, 0.29) is 5.78 Å². The van der Waals surface area contributed by atoms with Gasteiger partial charge in [0.05, 0.1) is 7.11 Å². The van der Waals surface area contributed by atoms with Crippen molar-refractivity contribution in [1.29, 1.82) is 0 Å². The molecule has 0 unspecified atom stereocenters. The zero-order valence-corrected chi connectivity index (χ0v) is 13.3. The first kappa shape index (κ1) is 16.2. The van der Waals surface area contributed by atoms with E-state index in [0.717, 1.165) is 34.1 Å². The van der Waals surface area contributed by atoms with Crippen LogP contribution in [0.3, 0.4) is 0 Å². The largest absolute Gasteiger partial charge is 0.497 e. The van der Waals surface area contributed by atoms with Crippen molar-refractivity contribution in [3.63, 3.8) is 0 Å². The van der Waals surface area contributed by atoms with Crippen LogP contribution in [0.25, 0.3) is 0 Å². The molecule has 2 nitrogen and oxygen atoms in total. The zero-order valence-electron chi connectivity index (χ0n) is 11.6. The fourth-order valence-corrected chi connectivity index (χ4v) is 2.78. The van der Waals surface area contributed by atoms with Gasteiger partial charge in [-0.05, 0) is 41.2 Å². The van der Waals surface area contributed by atoms with E-state index in [1.807, 2.05) is 29.7 Å². The van der Waals surface area contributed by atoms with Gasteiger partial charge >= 0.3 is 0 Å². The molecule has 0 heterocycles. The third kappa shape index (κ3) is 5.33. The van der Waals surface area contributed by atoms with E-state index >= 15 is 0 Å². The first-order valence-corrected chi connectivity index (χ1v) is 8.50. The molecule has 0 N–H and O–H groups in total. The molecule has 0 bridgehead atoms. The summed E-state index contributed by atoms with van der Waals surface area (Å²) in [7, 11) is 1.62. The number of carbonyl (C=O) groups excluding carboxylic acids is 1. The van der Waals surface area contributed by atoms with E-state index in [0.29, 0.717) is 0 Å². The van der Waals surface area contributed by atoms with Gasteiger partial charge in [-0.1, -0.05) is 13.8 Å². The number of benzene rings is 1. The van der Waals surface area contributed by atoms with Gasteiger partial charge in [-0.25, -0.2) is 0 Å². The Morgan fingerprint density at radius 1 is 1.21 bits per heavy atom. The molecule has 1 rings (SSSR count). The van der Waals surface area contributed by atoms with Crippen molar-refractivity contribution in [3.05, 3.63) is 40.8 Å². The van der Waals surface area contributed by atoms with Gasteiger partial charge in [0.2, 0.25) is 0 Å². The number of methoxy groups -OCH3 is 1. The molecule has 0 aliphatic carbocycles. The number of thioether (sulfide) groups is 2. The van der Waals surface area contributed by atoms with Crippen molar-refractivity contribution in [1.82, 2.24) is 0 Å². The fraction of sp³-hybridized carbons (Fsp3) is 0.400. The molecule has 0 radical (unpaired) electrons. The zero-order chi connectivity index (χ0) is 14.1. The minimum absolute atomic E-state index is 0.115. The first-order chi connectivity index (χ1) is 9.22. The summed E-state index contributed by atoms with van der Waals surface area (Å²) in [5, 5.41) is 2.00. The summed E-state index contributed by atoms with van der Waals surface area (Å²) >= 11 is 3.45. The van der Waals surface area contributed by atoms with Crippen LogP contribution in [0.5, 0.6) is 5.75 Å². The second-order valence-electron chi connectivity index (χ2n) is 3.79. The van der Waals surface area contributed by atoms with Gasteiger partial charge < -0.3 is 4.74 Å². The Kier molecular flexibility index (Phi) is 7.75. The first-order valence-electron chi connectivity index (χ1n) is 6.30. The average molecular weight is 296 g/mol. The van der Waals surface area contributed by atoms with Crippen molar-refractivity contribution in [2.75, 3.05) is 24.4 Å². The lowest BCUT2D eigenvalue weighted by atomic mass is 10.1. The highest BCUT2D eigenvalue weighted by atomic mass is 32.2.